The number of hydrogen-bond donors (Lipinski definition) is 1. The first kappa shape index (κ1) is 14.6. The number of aryl methyl sites for hydroxylation is 4. The second-order valence-electron chi connectivity index (χ2n) is 5.44. The third kappa shape index (κ3) is 3.40. The second-order valence-corrected chi connectivity index (χ2v) is 5.44. The maximum atomic E-state index is 10.2. The zero-order chi connectivity index (χ0) is 14.7. The zero-order valence-corrected chi connectivity index (χ0v) is 12.6. The molecular formula is C18H22O2. The molecule has 1 unspecified atom stereocenters. The Labute approximate surface area is 121 Å². The molecule has 106 valence electrons. The van der Waals surface area contributed by atoms with Crippen molar-refractivity contribution < 1.29 is 9.84 Å². The Morgan fingerprint density at radius 1 is 0.900 bits per heavy atom. The van der Waals surface area contributed by atoms with Crippen LogP contribution in [0.4, 0.5) is 0 Å². The van der Waals surface area contributed by atoms with E-state index in [2.05, 4.69) is 19.9 Å². The van der Waals surface area contributed by atoms with Crippen LogP contribution in [-0.4, -0.2) is 11.7 Å². The summed E-state index contributed by atoms with van der Waals surface area (Å²) in [7, 11) is 0. The van der Waals surface area contributed by atoms with Crippen LogP contribution in [0.3, 0.4) is 0 Å². The molecule has 2 heteroatoms. The lowest BCUT2D eigenvalue weighted by Gasteiger charge is -2.15. The Balaban J connectivity index is 2.06. The van der Waals surface area contributed by atoms with Crippen LogP contribution >= 0.6 is 0 Å². The first-order valence-electron chi connectivity index (χ1n) is 6.92. The fraction of sp³-hybridized carbons (Fsp3) is 0.333. The quantitative estimate of drug-likeness (QED) is 0.908. The summed E-state index contributed by atoms with van der Waals surface area (Å²) >= 11 is 0. The van der Waals surface area contributed by atoms with Gasteiger partial charge in [0.05, 0.1) is 0 Å². The molecule has 0 heterocycles. The molecule has 20 heavy (non-hydrogen) atoms. The summed E-state index contributed by atoms with van der Waals surface area (Å²) in [5.41, 5.74) is 5.57. The molecule has 0 aliphatic heterocycles. The summed E-state index contributed by atoms with van der Waals surface area (Å²) in [5.74, 6) is 0.841. The second kappa shape index (κ2) is 6.10. The lowest BCUT2D eigenvalue weighted by molar-refractivity contribution is 0.108. The number of aliphatic hydroxyl groups excluding tert-OH is 1. The van der Waals surface area contributed by atoms with Crippen molar-refractivity contribution in [2.75, 3.05) is 6.61 Å². The van der Waals surface area contributed by atoms with Crippen molar-refractivity contribution in [1.82, 2.24) is 0 Å². The molecule has 2 aromatic rings. The van der Waals surface area contributed by atoms with Gasteiger partial charge in [-0.1, -0.05) is 30.3 Å². The normalized spacial score (nSPS) is 12.2. The van der Waals surface area contributed by atoms with Gasteiger partial charge in [0.25, 0.3) is 0 Å². The van der Waals surface area contributed by atoms with Crippen LogP contribution in [0, 0.1) is 27.7 Å². The molecular weight excluding hydrogens is 248 g/mol. The van der Waals surface area contributed by atoms with E-state index in [0.717, 1.165) is 22.4 Å². The number of rotatable bonds is 4. The fourth-order valence-corrected chi connectivity index (χ4v) is 2.10. The molecule has 0 amide bonds. The minimum Gasteiger partial charge on any atom is -0.490 e. The van der Waals surface area contributed by atoms with E-state index >= 15 is 0 Å². The first-order chi connectivity index (χ1) is 9.47. The number of benzene rings is 2. The minimum atomic E-state index is -0.603. The molecule has 0 radical (unpaired) electrons. The van der Waals surface area contributed by atoms with Gasteiger partial charge in [0, 0.05) is 0 Å². The van der Waals surface area contributed by atoms with Gasteiger partial charge < -0.3 is 9.84 Å². The minimum absolute atomic E-state index is 0.271. The maximum absolute atomic E-state index is 10.2. The molecule has 0 aromatic heterocycles. The molecule has 2 nitrogen and oxygen atoms in total. The van der Waals surface area contributed by atoms with Gasteiger partial charge >= 0.3 is 0 Å². The zero-order valence-electron chi connectivity index (χ0n) is 12.6. The highest BCUT2D eigenvalue weighted by Crippen LogP contribution is 2.22. The van der Waals surface area contributed by atoms with Gasteiger partial charge in [-0.25, -0.2) is 0 Å². The van der Waals surface area contributed by atoms with E-state index in [1.807, 2.05) is 44.2 Å². The van der Waals surface area contributed by atoms with Gasteiger partial charge in [0.1, 0.15) is 18.5 Å². The standard InChI is InChI=1S/C18H22O2/c1-12-5-6-14(3)18(9-12)20-11-17(19)16-8-7-13(2)15(4)10-16/h5-10,17,19H,11H2,1-4H3. The Kier molecular flexibility index (Phi) is 4.46. The molecule has 0 bridgehead atoms. The van der Waals surface area contributed by atoms with E-state index in [1.165, 1.54) is 11.1 Å². The van der Waals surface area contributed by atoms with Gasteiger partial charge in [0.2, 0.25) is 0 Å². The van der Waals surface area contributed by atoms with Crippen LogP contribution in [0.5, 0.6) is 5.75 Å². The van der Waals surface area contributed by atoms with Crippen molar-refractivity contribution in [1.29, 1.82) is 0 Å². The summed E-state index contributed by atoms with van der Waals surface area (Å²) in [6, 6.07) is 12.1. The first-order valence-corrected chi connectivity index (χ1v) is 6.92. The van der Waals surface area contributed by atoms with Crippen molar-refractivity contribution in [2.24, 2.45) is 0 Å². The maximum Gasteiger partial charge on any atom is 0.122 e. The summed E-state index contributed by atoms with van der Waals surface area (Å²) < 4.78 is 5.75. The summed E-state index contributed by atoms with van der Waals surface area (Å²) in [6.45, 7) is 8.44. The van der Waals surface area contributed by atoms with Gasteiger partial charge in [-0.2, -0.15) is 0 Å². The van der Waals surface area contributed by atoms with Crippen LogP contribution in [0.25, 0.3) is 0 Å². The van der Waals surface area contributed by atoms with E-state index in [-0.39, 0.29) is 6.61 Å². The van der Waals surface area contributed by atoms with E-state index in [9.17, 15) is 5.11 Å². The number of ether oxygens (including phenoxy) is 1. The van der Waals surface area contributed by atoms with Crippen molar-refractivity contribution in [3.05, 3.63) is 64.2 Å². The average Bonchev–Trinajstić information content (AvgIpc) is 2.42. The van der Waals surface area contributed by atoms with Gasteiger partial charge in [-0.05, 0) is 61.6 Å². The van der Waals surface area contributed by atoms with Gasteiger partial charge in [-0.3, -0.25) is 0 Å². The summed E-state index contributed by atoms with van der Waals surface area (Å²) in [5, 5.41) is 10.2. The highest BCUT2D eigenvalue weighted by Gasteiger charge is 2.10. The summed E-state index contributed by atoms with van der Waals surface area (Å²) in [6.07, 6.45) is -0.603. The largest absolute Gasteiger partial charge is 0.490 e. The predicted octanol–water partition coefficient (Wildman–Crippen LogP) is 4.03. The topological polar surface area (TPSA) is 29.5 Å². The molecule has 2 rings (SSSR count). The van der Waals surface area contributed by atoms with Gasteiger partial charge in [-0.15, -0.1) is 0 Å². The lowest BCUT2D eigenvalue weighted by atomic mass is 10.0. The predicted molar refractivity (Wildman–Crippen MR) is 82.3 cm³/mol. The summed E-state index contributed by atoms with van der Waals surface area (Å²) in [4.78, 5) is 0. The molecule has 0 saturated heterocycles. The molecule has 0 aliphatic carbocycles. The van der Waals surface area contributed by atoms with Gasteiger partial charge in [0.15, 0.2) is 0 Å². The Hall–Kier alpha value is -1.80. The van der Waals surface area contributed by atoms with Crippen LogP contribution < -0.4 is 4.74 Å². The Morgan fingerprint density at radius 2 is 1.60 bits per heavy atom. The monoisotopic (exact) mass is 270 g/mol. The highest BCUT2D eigenvalue weighted by molar-refractivity contribution is 5.36. The van der Waals surface area contributed by atoms with Crippen molar-refractivity contribution in [2.45, 2.75) is 33.8 Å². The molecule has 1 N–H and O–H groups in total. The van der Waals surface area contributed by atoms with Crippen molar-refractivity contribution in [3.8, 4) is 5.75 Å². The Morgan fingerprint density at radius 3 is 2.30 bits per heavy atom. The third-order valence-electron chi connectivity index (χ3n) is 3.66. The highest BCUT2D eigenvalue weighted by atomic mass is 16.5. The number of hydrogen-bond acceptors (Lipinski definition) is 2. The molecule has 0 fully saturated rings. The SMILES string of the molecule is Cc1ccc(C)c(OCC(O)c2ccc(C)c(C)c2)c1. The smallest absolute Gasteiger partial charge is 0.122 e. The molecule has 2 aromatic carbocycles. The lowest BCUT2D eigenvalue weighted by Crippen LogP contribution is -2.10. The van der Waals surface area contributed by atoms with Crippen LogP contribution in [0.15, 0.2) is 36.4 Å². The molecule has 0 saturated carbocycles. The van der Waals surface area contributed by atoms with Crippen molar-refractivity contribution >= 4 is 0 Å². The third-order valence-corrected chi connectivity index (χ3v) is 3.66. The molecule has 1 atom stereocenters. The van der Waals surface area contributed by atoms with Crippen LogP contribution in [0.1, 0.15) is 33.9 Å². The van der Waals surface area contributed by atoms with E-state index < -0.39 is 6.10 Å². The number of aliphatic hydroxyl groups is 1. The average molecular weight is 270 g/mol. The van der Waals surface area contributed by atoms with E-state index in [0.29, 0.717) is 0 Å². The van der Waals surface area contributed by atoms with E-state index in [1.54, 1.807) is 0 Å². The van der Waals surface area contributed by atoms with Crippen LogP contribution in [0.2, 0.25) is 0 Å². The fourth-order valence-electron chi connectivity index (χ4n) is 2.10. The Bertz CT molecular complexity index is 602. The van der Waals surface area contributed by atoms with E-state index in [4.69, 9.17) is 4.74 Å². The molecule has 0 aliphatic rings. The van der Waals surface area contributed by atoms with Crippen molar-refractivity contribution in [3.63, 3.8) is 0 Å². The molecule has 0 spiro atoms. The van der Waals surface area contributed by atoms with Crippen LogP contribution in [-0.2, 0) is 0 Å².